The normalized spacial score (nSPS) is 43.3. The van der Waals surface area contributed by atoms with E-state index in [1.807, 2.05) is 0 Å². The Hall–Kier alpha value is -0.300. The molecule has 2 bridgehead atoms. The third-order valence-corrected chi connectivity index (χ3v) is 6.95. The minimum Gasteiger partial charge on any atom is -0.389 e. The first-order valence-corrected chi connectivity index (χ1v) is 8.09. The van der Waals surface area contributed by atoms with Gasteiger partial charge in [-0.15, -0.1) is 0 Å². The van der Waals surface area contributed by atoms with Crippen molar-refractivity contribution in [1.82, 2.24) is 0 Å². The summed E-state index contributed by atoms with van der Waals surface area (Å²) < 4.78 is 0. The van der Waals surface area contributed by atoms with Crippen LogP contribution in [0.2, 0.25) is 0 Å². The Kier molecular flexibility index (Phi) is 3.90. The molecular formula is C18H32O. The van der Waals surface area contributed by atoms with E-state index in [0.717, 1.165) is 18.3 Å². The molecule has 0 heterocycles. The number of aliphatic hydroxyl groups excluding tert-OH is 1. The van der Waals surface area contributed by atoms with E-state index in [4.69, 9.17) is 0 Å². The van der Waals surface area contributed by atoms with Crippen LogP contribution in [0.3, 0.4) is 0 Å². The number of aliphatic hydroxyl groups is 1. The van der Waals surface area contributed by atoms with Gasteiger partial charge in [0.1, 0.15) is 0 Å². The topological polar surface area (TPSA) is 20.2 Å². The first-order chi connectivity index (χ1) is 8.73. The van der Waals surface area contributed by atoms with E-state index < -0.39 is 0 Å². The molecule has 5 atom stereocenters. The fraction of sp³-hybridized carbons (Fsp3) is 0.889. The zero-order valence-electron chi connectivity index (χ0n) is 13.7. The van der Waals surface area contributed by atoms with Crippen LogP contribution in [0.15, 0.2) is 11.6 Å². The second kappa shape index (κ2) is 4.91. The van der Waals surface area contributed by atoms with Gasteiger partial charge in [-0.1, -0.05) is 40.7 Å². The molecule has 0 spiro atoms. The molecule has 1 nitrogen and oxygen atoms in total. The van der Waals surface area contributed by atoms with Gasteiger partial charge in [-0.05, 0) is 66.8 Å². The van der Waals surface area contributed by atoms with Crippen molar-refractivity contribution in [2.24, 2.45) is 28.6 Å². The van der Waals surface area contributed by atoms with Crippen molar-refractivity contribution in [3.05, 3.63) is 11.6 Å². The van der Waals surface area contributed by atoms with Gasteiger partial charge in [0.05, 0.1) is 6.10 Å². The highest BCUT2D eigenvalue weighted by Crippen LogP contribution is 2.64. The summed E-state index contributed by atoms with van der Waals surface area (Å²) in [6.45, 7) is 14.0. The SMILES string of the molecule is CCC(O)C(C)=CC1CC2CCC1(C)C(C)C2(C)C. The minimum absolute atomic E-state index is 0.243. The molecule has 5 unspecified atom stereocenters. The molecule has 0 aromatic heterocycles. The third-order valence-electron chi connectivity index (χ3n) is 6.95. The first-order valence-electron chi connectivity index (χ1n) is 8.09. The van der Waals surface area contributed by atoms with Gasteiger partial charge in [-0.2, -0.15) is 0 Å². The zero-order valence-corrected chi connectivity index (χ0v) is 13.7. The lowest BCUT2D eigenvalue weighted by molar-refractivity contribution is -0.119. The van der Waals surface area contributed by atoms with Gasteiger partial charge in [-0.25, -0.2) is 0 Å². The summed E-state index contributed by atoms with van der Waals surface area (Å²) >= 11 is 0. The lowest BCUT2D eigenvalue weighted by Crippen LogP contribution is -2.54. The van der Waals surface area contributed by atoms with Crippen LogP contribution in [0.5, 0.6) is 0 Å². The third kappa shape index (κ3) is 2.28. The van der Waals surface area contributed by atoms with Gasteiger partial charge in [-0.3, -0.25) is 0 Å². The molecule has 0 aromatic carbocycles. The minimum atomic E-state index is -0.243. The van der Waals surface area contributed by atoms with E-state index in [1.165, 1.54) is 24.8 Å². The molecule has 0 radical (unpaired) electrons. The summed E-state index contributed by atoms with van der Waals surface area (Å²) in [6.07, 6.45) is 7.07. The summed E-state index contributed by atoms with van der Waals surface area (Å²) in [5, 5.41) is 10.0. The predicted octanol–water partition coefficient (Wildman–Crippen LogP) is 4.80. The largest absolute Gasteiger partial charge is 0.389 e. The van der Waals surface area contributed by atoms with E-state index >= 15 is 0 Å². The monoisotopic (exact) mass is 264 g/mol. The maximum Gasteiger partial charge on any atom is 0.0744 e. The second-order valence-electron chi connectivity index (χ2n) is 7.96. The Morgan fingerprint density at radius 3 is 2.58 bits per heavy atom. The highest BCUT2D eigenvalue weighted by atomic mass is 16.3. The van der Waals surface area contributed by atoms with E-state index in [-0.39, 0.29) is 6.10 Å². The maximum atomic E-state index is 10.0. The van der Waals surface area contributed by atoms with Crippen LogP contribution in [-0.4, -0.2) is 11.2 Å². The first kappa shape index (κ1) is 15.1. The quantitative estimate of drug-likeness (QED) is 0.726. The van der Waals surface area contributed by atoms with Crippen molar-refractivity contribution in [2.75, 3.05) is 0 Å². The van der Waals surface area contributed by atoms with Gasteiger partial charge in [0, 0.05) is 0 Å². The predicted molar refractivity (Wildman–Crippen MR) is 81.9 cm³/mol. The van der Waals surface area contributed by atoms with Crippen molar-refractivity contribution >= 4 is 0 Å². The Labute approximate surface area is 119 Å². The Morgan fingerprint density at radius 2 is 2.00 bits per heavy atom. The summed E-state index contributed by atoms with van der Waals surface area (Å²) in [6, 6.07) is 0. The van der Waals surface area contributed by atoms with Gasteiger partial charge < -0.3 is 5.11 Å². The average Bonchev–Trinajstić information content (AvgIpc) is 2.37. The molecule has 3 aliphatic rings. The number of fused-ring (bicyclic) bond motifs is 3. The van der Waals surface area contributed by atoms with Crippen LogP contribution in [0.1, 0.15) is 67.2 Å². The average molecular weight is 264 g/mol. The summed E-state index contributed by atoms with van der Waals surface area (Å²) in [4.78, 5) is 0. The Morgan fingerprint density at radius 1 is 1.37 bits per heavy atom. The van der Waals surface area contributed by atoms with Gasteiger partial charge in [0.15, 0.2) is 0 Å². The van der Waals surface area contributed by atoms with Crippen molar-refractivity contribution in [3.8, 4) is 0 Å². The lowest BCUT2D eigenvalue weighted by Gasteiger charge is -2.62. The van der Waals surface area contributed by atoms with Crippen molar-refractivity contribution in [1.29, 1.82) is 0 Å². The molecule has 110 valence electrons. The highest BCUT2D eigenvalue weighted by Gasteiger charge is 2.56. The van der Waals surface area contributed by atoms with Crippen LogP contribution in [0.4, 0.5) is 0 Å². The van der Waals surface area contributed by atoms with E-state index in [1.54, 1.807) is 0 Å². The van der Waals surface area contributed by atoms with Crippen molar-refractivity contribution in [2.45, 2.75) is 73.3 Å². The maximum absolute atomic E-state index is 10.0. The Bertz CT molecular complexity index is 368. The summed E-state index contributed by atoms with van der Waals surface area (Å²) in [7, 11) is 0. The lowest BCUT2D eigenvalue weighted by atomic mass is 9.43. The van der Waals surface area contributed by atoms with E-state index in [2.05, 4.69) is 47.6 Å². The van der Waals surface area contributed by atoms with Crippen LogP contribution >= 0.6 is 0 Å². The number of rotatable bonds is 3. The fourth-order valence-electron chi connectivity index (χ4n) is 4.79. The van der Waals surface area contributed by atoms with Crippen LogP contribution in [0.25, 0.3) is 0 Å². The molecule has 0 saturated heterocycles. The summed E-state index contributed by atoms with van der Waals surface area (Å²) in [5.74, 6) is 2.29. The number of allylic oxidation sites excluding steroid dienone is 1. The fourth-order valence-corrected chi connectivity index (χ4v) is 4.79. The standard InChI is InChI=1S/C18H32O/c1-7-16(19)12(2)10-15-11-14-8-9-18(15,6)13(3)17(14,4)5/h10,13-16,19H,7-9,11H2,1-6H3. The molecule has 3 fully saturated rings. The molecule has 1 heteroatoms. The van der Waals surface area contributed by atoms with Crippen molar-refractivity contribution in [3.63, 3.8) is 0 Å². The summed E-state index contributed by atoms with van der Waals surface area (Å²) in [5.41, 5.74) is 2.09. The highest BCUT2D eigenvalue weighted by molar-refractivity contribution is 5.16. The van der Waals surface area contributed by atoms with Gasteiger partial charge in [0.25, 0.3) is 0 Å². The van der Waals surface area contributed by atoms with Crippen LogP contribution < -0.4 is 0 Å². The molecular weight excluding hydrogens is 232 g/mol. The van der Waals surface area contributed by atoms with Gasteiger partial charge in [0.2, 0.25) is 0 Å². The smallest absolute Gasteiger partial charge is 0.0744 e. The van der Waals surface area contributed by atoms with Gasteiger partial charge >= 0.3 is 0 Å². The van der Waals surface area contributed by atoms with Crippen LogP contribution in [0, 0.1) is 28.6 Å². The molecule has 3 saturated carbocycles. The van der Waals surface area contributed by atoms with E-state index in [0.29, 0.717) is 16.7 Å². The van der Waals surface area contributed by atoms with Crippen LogP contribution in [-0.2, 0) is 0 Å². The molecule has 0 amide bonds. The molecule has 19 heavy (non-hydrogen) atoms. The molecule has 3 aliphatic carbocycles. The molecule has 0 aromatic rings. The Balaban J connectivity index is 2.27. The molecule has 3 rings (SSSR count). The van der Waals surface area contributed by atoms with Crippen molar-refractivity contribution < 1.29 is 5.11 Å². The second-order valence-corrected chi connectivity index (χ2v) is 7.96. The zero-order chi connectivity index (χ0) is 14.4. The number of hydrogen-bond donors (Lipinski definition) is 1. The molecule has 0 aliphatic heterocycles. The molecule has 1 N–H and O–H groups in total. The van der Waals surface area contributed by atoms with E-state index in [9.17, 15) is 5.11 Å². The number of hydrogen-bond acceptors (Lipinski definition) is 1.